The van der Waals surface area contributed by atoms with E-state index in [0.717, 1.165) is 24.2 Å². The zero-order valence-corrected chi connectivity index (χ0v) is 12.3. The Hall–Kier alpha value is -1.14. The van der Waals surface area contributed by atoms with Gasteiger partial charge in [-0.2, -0.15) is 0 Å². The number of nitrogens with one attached hydrogen (secondary N) is 2. The number of hydrogen-bond donors (Lipinski definition) is 2. The minimum absolute atomic E-state index is 0.322. The molecule has 0 aliphatic carbocycles. The lowest BCUT2D eigenvalue weighted by atomic mass is 9.90. The Kier molecular flexibility index (Phi) is 26.0. The molecule has 0 aromatic rings. The van der Waals surface area contributed by atoms with Crippen LogP contribution < -0.4 is 0 Å². The van der Waals surface area contributed by atoms with Crippen molar-refractivity contribution in [1.82, 2.24) is 0 Å². The maximum Gasteiger partial charge on any atom is 0.231 e. The van der Waals surface area contributed by atoms with Gasteiger partial charge in [0.2, 0.25) is 12.2 Å². The first-order chi connectivity index (χ1) is 8.61. The van der Waals surface area contributed by atoms with Crippen LogP contribution in [0, 0.1) is 22.7 Å². The monoisotopic (exact) mass is 274 g/mol. The van der Waals surface area contributed by atoms with Gasteiger partial charge in [-0.05, 0) is 18.3 Å². The van der Waals surface area contributed by atoms with E-state index in [-0.39, 0.29) is 0 Å². The highest BCUT2D eigenvalue weighted by molar-refractivity contribution is 7.23. The summed E-state index contributed by atoms with van der Waals surface area (Å²) >= 11 is 0. The molecule has 0 aliphatic heterocycles. The van der Waals surface area contributed by atoms with Gasteiger partial charge in [-0.25, -0.2) is 20.4 Å². The molecule has 5 nitrogen and oxygen atoms in total. The van der Waals surface area contributed by atoms with E-state index in [0.29, 0.717) is 14.4 Å². The van der Waals surface area contributed by atoms with Crippen LogP contribution in [-0.2, 0) is 14.2 Å². The van der Waals surface area contributed by atoms with Crippen LogP contribution in [0.25, 0.3) is 0 Å². The highest BCUT2D eigenvalue weighted by Gasteiger charge is 2.11. The fraction of sp³-hybridized carbons (Fsp3) is 0.833. The molecule has 0 aliphatic rings. The standard InChI is InChI=1S/C10H21OP.2CHNO/c1-4-9(5-2)7-10(6-3)8-12-11;2*2-1-3/h9-10H,4-8H2,1-3H3;2*2H. The van der Waals surface area contributed by atoms with Crippen molar-refractivity contribution in [2.45, 2.75) is 46.5 Å². The first-order valence-electron chi connectivity index (χ1n) is 5.98. The Bertz CT molecular complexity index is 232. The van der Waals surface area contributed by atoms with Crippen molar-refractivity contribution >= 4 is 20.6 Å². The normalized spacial score (nSPS) is 10.2. The molecule has 0 amide bonds. The van der Waals surface area contributed by atoms with Crippen LogP contribution in [0.2, 0.25) is 0 Å². The predicted octanol–water partition coefficient (Wildman–Crippen LogP) is 3.93. The van der Waals surface area contributed by atoms with E-state index in [2.05, 4.69) is 20.8 Å². The first-order valence-corrected chi connectivity index (χ1v) is 6.98. The van der Waals surface area contributed by atoms with Crippen molar-refractivity contribution in [2.75, 3.05) is 6.16 Å². The minimum Gasteiger partial charge on any atom is -0.275 e. The van der Waals surface area contributed by atoms with Gasteiger partial charge in [-0.15, -0.1) is 0 Å². The van der Waals surface area contributed by atoms with Gasteiger partial charge in [0.1, 0.15) is 0 Å². The Labute approximate surface area is 111 Å². The molecule has 0 saturated carbocycles. The zero-order valence-electron chi connectivity index (χ0n) is 11.4. The van der Waals surface area contributed by atoms with Crippen LogP contribution >= 0.6 is 8.46 Å². The highest BCUT2D eigenvalue weighted by atomic mass is 31.1. The van der Waals surface area contributed by atoms with Gasteiger partial charge in [0.25, 0.3) is 0 Å². The molecule has 0 spiro atoms. The Balaban J connectivity index is -0.000000315. The van der Waals surface area contributed by atoms with Crippen LogP contribution in [-0.4, -0.2) is 18.3 Å². The van der Waals surface area contributed by atoms with Crippen molar-refractivity contribution in [3.8, 4) is 0 Å². The van der Waals surface area contributed by atoms with Crippen molar-refractivity contribution in [2.24, 2.45) is 11.8 Å². The van der Waals surface area contributed by atoms with Crippen molar-refractivity contribution < 1.29 is 14.2 Å². The van der Waals surface area contributed by atoms with Gasteiger partial charge in [0, 0.05) is 6.16 Å². The zero-order chi connectivity index (χ0) is 14.8. The lowest BCUT2D eigenvalue weighted by Crippen LogP contribution is -2.08. The number of hydrogen-bond acceptors (Lipinski definition) is 5. The second-order valence-corrected chi connectivity index (χ2v) is 4.33. The quantitative estimate of drug-likeness (QED) is 0.418. The molecule has 0 aromatic heterocycles. The summed E-state index contributed by atoms with van der Waals surface area (Å²) in [5.74, 6) is 1.52. The summed E-state index contributed by atoms with van der Waals surface area (Å²) in [7, 11) is 0.322. The molecule has 0 aromatic carbocycles. The summed E-state index contributed by atoms with van der Waals surface area (Å²) in [6, 6.07) is 0. The van der Waals surface area contributed by atoms with Gasteiger partial charge >= 0.3 is 0 Å². The average Bonchev–Trinajstić information content (AvgIpc) is 2.36. The summed E-state index contributed by atoms with van der Waals surface area (Å²) in [6.45, 7) is 6.68. The van der Waals surface area contributed by atoms with Gasteiger partial charge in [-0.1, -0.05) is 40.0 Å². The second-order valence-electron chi connectivity index (χ2n) is 3.71. The molecule has 2 N–H and O–H groups in total. The van der Waals surface area contributed by atoms with E-state index in [9.17, 15) is 4.57 Å². The first kappa shape index (κ1) is 22.1. The van der Waals surface area contributed by atoms with Crippen LogP contribution in [0.15, 0.2) is 0 Å². The number of isocyanates is 2. The molecule has 1 unspecified atom stereocenters. The Morgan fingerprint density at radius 3 is 1.50 bits per heavy atom. The van der Waals surface area contributed by atoms with Crippen LogP contribution in [0.3, 0.4) is 0 Å². The van der Waals surface area contributed by atoms with E-state index in [1.54, 1.807) is 0 Å². The number of rotatable bonds is 7. The maximum absolute atomic E-state index is 10.4. The molecule has 0 heterocycles. The van der Waals surface area contributed by atoms with Crippen LogP contribution in [0.4, 0.5) is 0 Å². The Morgan fingerprint density at radius 2 is 1.28 bits per heavy atom. The fourth-order valence-electron chi connectivity index (χ4n) is 1.57. The summed E-state index contributed by atoms with van der Waals surface area (Å²) in [4.78, 5) is 16.7. The smallest absolute Gasteiger partial charge is 0.231 e. The minimum atomic E-state index is 0.322. The highest BCUT2D eigenvalue weighted by Crippen LogP contribution is 2.23. The molecule has 18 heavy (non-hydrogen) atoms. The molecule has 6 heteroatoms. The van der Waals surface area contributed by atoms with Gasteiger partial charge < -0.3 is 0 Å². The number of carbonyl (C=O) groups excluding carboxylic acids is 2. The lowest BCUT2D eigenvalue weighted by molar-refractivity contribution is 0.366. The molecule has 0 rings (SSSR count). The van der Waals surface area contributed by atoms with Crippen molar-refractivity contribution in [1.29, 1.82) is 10.8 Å². The molecule has 0 saturated heterocycles. The van der Waals surface area contributed by atoms with Gasteiger partial charge in [0.15, 0.2) is 8.46 Å². The Morgan fingerprint density at radius 1 is 0.944 bits per heavy atom. The van der Waals surface area contributed by atoms with E-state index < -0.39 is 0 Å². The van der Waals surface area contributed by atoms with E-state index in [4.69, 9.17) is 20.4 Å². The molecule has 1 atom stereocenters. The van der Waals surface area contributed by atoms with E-state index >= 15 is 0 Å². The topological polar surface area (TPSA) is 98.9 Å². The van der Waals surface area contributed by atoms with E-state index in [1.165, 1.54) is 25.7 Å². The fourth-order valence-corrected chi connectivity index (χ4v) is 2.19. The molecule has 0 bridgehead atoms. The second kappa shape index (κ2) is 21.2. The third-order valence-electron chi connectivity index (χ3n) is 2.73. The van der Waals surface area contributed by atoms with Gasteiger partial charge in [-0.3, -0.25) is 4.57 Å². The maximum atomic E-state index is 10.4. The average molecular weight is 274 g/mol. The molecule has 104 valence electrons. The lowest BCUT2D eigenvalue weighted by Gasteiger charge is -2.17. The molecular weight excluding hydrogens is 251 g/mol. The van der Waals surface area contributed by atoms with Gasteiger partial charge in [0.05, 0.1) is 0 Å². The largest absolute Gasteiger partial charge is 0.275 e. The van der Waals surface area contributed by atoms with E-state index in [1.807, 2.05) is 0 Å². The van der Waals surface area contributed by atoms with Crippen LogP contribution in [0.5, 0.6) is 0 Å². The molecule has 0 fully saturated rings. The summed E-state index contributed by atoms with van der Waals surface area (Å²) in [5, 5.41) is 10.8. The summed E-state index contributed by atoms with van der Waals surface area (Å²) in [6.07, 6.45) is 7.32. The third-order valence-corrected chi connectivity index (χ3v) is 3.40. The van der Waals surface area contributed by atoms with Crippen molar-refractivity contribution in [3.05, 3.63) is 0 Å². The SMILES string of the molecule is CCC(CC)CC(CC)CP=O.N=C=O.N=C=O. The molecule has 0 radical (unpaired) electrons. The predicted molar refractivity (Wildman–Crippen MR) is 71.8 cm³/mol. The summed E-state index contributed by atoms with van der Waals surface area (Å²) in [5.41, 5.74) is 0. The third kappa shape index (κ3) is 20.3. The van der Waals surface area contributed by atoms with Crippen molar-refractivity contribution in [3.63, 3.8) is 0 Å². The summed E-state index contributed by atoms with van der Waals surface area (Å²) < 4.78 is 10.4. The van der Waals surface area contributed by atoms with Crippen LogP contribution in [0.1, 0.15) is 46.5 Å². The molecular formula is C12H23N2O3P.